The van der Waals surface area contributed by atoms with E-state index >= 15 is 0 Å². The molecule has 0 atom stereocenters. The van der Waals surface area contributed by atoms with E-state index in [1.165, 1.54) is 0 Å². The lowest BCUT2D eigenvalue weighted by molar-refractivity contribution is -0.153. The first kappa shape index (κ1) is 13.5. The SMILES string of the molecule is Cc1nn(C)c2c(CC(=O)OC(C)(C)C)cncc12. The first-order valence-electron chi connectivity index (χ1n) is 6.26. The minimum absolute atomic E-state index is 0.209. The Morgan fingerprint density at radius 2 is 2.05 bits per heavy atom. The van der Waals surface area contributed by atoms with Crippen LogP contribution in [0.2, 0.25) is 0 Å². The molecule has 0 aliphatic heterocycles. The summed E-state index contributed by atoms with van der Waals surface area (Å²) < 4.78 is 7.12. The number of pyridine rings is 1. The Morgan fingerprint density at radius 1 is 1.37 bits per heavy atom. The summed E-state index contributed by atoms with van der Waals surface area (Å²) in [5.74, 6) is -0.249. The molecule has 19 heavy (non-hydrogen) atoms. The molecule has 5 nitrogen and oxygen atoms in total. The van der Waals surface area contributed by atoms with Crippen LogP contribution in [-0.4, -0.2) is 26.3 Å². The molecule has 2 aromatic heterocycles. The number of carbonyl (C=O) groups is 1. The highest BCUT2D eigenvalue weighted by Gasteiger charge is 2.19. The molecule has 0 saturated heterocycles. The van der Waals surface area contributed by atoms with Gasteiger partial charge in [0.1, 0.15) is 5.60 Å². The topological polar surface area (TPSA) is 57.0 Å². The minimum atomic E-state index is -0.471. The van der Waals surface area contributed by atoms with Crippen LogP contribution in [-0.2, 0) is 23.0 Å². The highest BCUT2D eigenvalue weighted by Crippen LogP contribution is 2.21. The van der Waals surface area contributed by atoms with Gasteiger partial charge < -0.3 is 4.74 Å². The molecule has 0 radical (unpaired) electrons. The van der Waals surface area contributed by atoms with Crippen molar-refractivity contribution < 1.29 is 9.53 Å². The number of hydrogen-bond donors (Lipinski definition) is 0. The van der Waals surface area contributed by atoms with Crippen molar-refractivity contribution in [1.82, 2.24) is 14.8 Å². The number of hydrogen-bond acceptors (Lipinski definition) is 4. The molecular formula is C14H19N3O2. The fourth-order valence-corrected chi connectivity index (χ4v) is 2.14. The molecule has 0 fully saturated rings. The second-order valence-electron chi connectivity index (χ2n) is 5.67. The van der Waals surface area contributed by atoms with Crippen molar-refractivity contribution in [2.75, 3.05) is 0 Å². The van der Waals surface area contributed by atoms with Gasteiger partial charge in [-0.3, -0.25) is 14.5 Å². The van der Waals surface area contributed by atoms with Crippen molar-refractivity contribution in [1.29, 1.82) is 0 Å². The van der Waals surface area contributed by atoms with E-state index < -0.39 is 5.60 Å². The summed E-state index contributed by atoms with van der Waals surface area (Å²) in [7, 11) is 1.87. The molecule has 102 valence electrons. The smallest absolute Gasteiger partial charge is 0.310 e. The lowest BCUT2D eigenvalue weighted by Gasteiger charge is -2.19. The van der Waals surface area contributed by atoms with Crippen molar-refractivity contribution in [3.8, 4) is 0 Å². The Morgan fingerprint density at radius 3 is 2.68 bits per heavy atom. The quantitative estimate of drug-likeness (QED) is 0.777. The Balaban J connectivity index is 2.33. The molecule has 0 spiro atoms. The largest absolute Gasteiger partial charge is 0.460 e. The van der Waals surface area contributed by atoms with Gasteiger partial charge in [-0.2, -0.15) is 5.10 Å². The number of ether oxygens (including phenoxy) is 1. The number of aryl methyl sites for hydroxylation is 2. The van der Waals surface area contributed by atoms with Gasteiger partial charge in [0.05, 0.1) is 17.6 Å². The zero-order valence-corrected chi connectivity index (χ0v) is 12.0. The molecule has 0 bridgehead atoms. The maximum atomic E-state index is 11.9. The average Bonchev–Trinajstić information content (AvgIpc) is 2.53. The predicted octanol–water partition coefficient (Wildman–Crippen LogP) is 2.16. The van der Waals surface area contributed by atoms with Gasteiger partial charge in [0.2, 0.25) is 0 Å². The van der Waals surface area contributed by atoms with Gasteiger partial charge >= 0.3 is 5.97 Å². The summed E-state index contributed by atoms with van der Waals surface area (Å²) in [6.45, 7) is 7.51. The van der Waals surface area contributed by atoms with Crippen molar-refractivity contribution in [3.63, 3.8) is 0 Å². The van der Waals surface area contributed by atoms with E-state index in [4.69, 9.17) is 4.74 Å². The molecule has 0 unspecified atom stereocenters. The Hall–Kier alpha value is -1.91. The molecule has 0 aromatic carbocycles. The van der Waals surface area contributed by atoms with Crippen LogP contribution in [0.4, 0.5) is 0 Å². The Labute approximate surface area is 112 Å². The second kappa shape index (κ2) is 4.64. The van der Waals surface area contributed by atoms with Gasteiger partial charge in [-0.05, 0) is 27.7 Å². The lowest BCUT2D eigenvalue weighted by Crippen LogP contribution is -2.25. The molecule has 5 heteroatoms. The normalized spacial score (nSPS) is 11.8. The highest BCUT2D eigenvalue weighted by atomic mass is 16.6. The number of esters is 1. The third kappa shape index (κ3) is 2.92. The summed E-state index contributed by atoms with van der Waals surface area (Å²) >= 11 is 0. The van der Waals surface area contributed by atoms with E-state index in [0.717, 1.165) is 22.2 Å². The Bertz CT molecular complexity index is 623. The van der Waals surface area contributed by atoms with Crippen LogP contribution in [0, 0.1) is 6.92 Å². The fraction of sp³-hybridized carbons (Fsp3) is 0.500. The van der Waals surface area contributed by atoms with Crippen LogP contribution in [0.15, 0.2) is 12.4 Å². The van der Waals surface area contributed by atoms with E-state index in [-0.39, 0.29) is 12.4 Å². The van der Waals surface area contributed by atoms with Crippen molar-refractivity contribution >= 4 is 16.9 Å². The summed E-state index contributed by atoms with van der Waals surface area (Å²) in [6.07, 6.45) is 3.68. The molecule has 0 aliphatic rings. The van der Waals surface area contributed by atoms with Gasteiger partial charge in [0, 0.05) is 30.4 Å². The van der Waals surface area contributed by atoms with Crippen molar-refractivity contribution in [3.05, 3.63) is 23.7 Å². The van der Waals surface area contributed by atoms with E-state index in [9.17, 15) is 4.79 Å². The van der Waals surface area contributed by atoms with Crippen LogP contribution in [0.25, 0.3) is 10.9 Å². The van der Waals surface area contributed by atoms with Crippen LogP contribution >= 0.6 is 0 Å². The molecule has 0 N–H and O–H groups in total. The minimum Gasteiger partial charge on any atom is -0.460 e. The molecule has 2 heterocycles. The zero-order chi connectivity index (χ0) is 14.2. The predicted molar refractivity (Wildman–Crippen MR) is 72.8 cm³/mol. The summed E-state index contributed by atoms with van der Waals surface area (Å²) in [5.41, 5.74) is 2.23. The fourth-order valence-electron chi connectivity index (χ4n) is 2.14. The summed E-state index contributed by atoms with van der Waals surface area (Å²) in [6, 6.07) is 0. The van der Waals surface area contributed by atoms with E-state index in [0.29, 0.717) is 0 Å². The van der Waals surface area contributed by atoms with Crippen LogP contribution in [0.1, 0.15) is 32.0 Å². The molecule has 0 amide bonds. The maximum Gasteiger partial charge on any atom is 0.310 e. The number of carbonyl (C=O) groups excluding carboxylic acids is 1. The summed E-state index contributed by atoms with van der Waals surface area (Å²) in [5, 5.41) is 5.33. The van der Waals surface area contributed by atoms with Crippen LogP contribution < -0.4 is 0 Å². The van der Waals surface area contributed by atoms with Gasteiger partial charge in [0.15, 0.2) is 0 Å². The lowest BCUT2D eigenvalue weighted by atomic mass is 10.1. The van der Waals surface area contributed by atoms with Crippen molar-refractivity contribution in [2.45, 2.75) is 39.7 Å². The maximum absolute atomic E-state index is 11.9. The molecule has 2 rings (SSSR count). The van der Waals surface area contributed by atoms with Gasteiger partial charge in [0.25, 0.3) is 0 Å². The van der Waals surface area contributed by atoms with Crippen LogP contribution in [0.3, 0.4) is 0 Å². The monoisotopic (exact) mass is 261 g/mol. The average molecular weight is 261 g/mol. The zero-order valence-electron chi connectivity index (χ0n) is 12.0. The third-order valence-electron chi connectivity index (χ3n) is 2.76. The first-order valence-corrected chi connectivity index (χ1v) is 6.26. The van der Waals surface area contributed by atoms with E-state index in [1.807, 2.05) is 34.7 Å². The van der Waals surface area contributed by atoms with Gasteiger partial charge in [-0.25, -0.2) is 0 Å². The number of nitrogens with zero attached hydrogens (tertiary/aromatic N) is 3. The van der Waals surface area contributed by atoms with Gasteiger partial charge in [-0.1, -0.05) is 0 Å². The number of rotatable bonds is 2. The third-order valence-corrected chi connectivity index (χ3v) is 2.76. The first-order chi connectivity index (χ1) is 8.78. The molecule has 0 aliphatic carbocycles. The molecular weight excluding hydrogens is 242 g/mol. The van der Waals surface area contributed by atoms with E-state index in [2.05, 4.69) is 10.1 Å². The summed E-state index contributed by atoms with van der Waals surface area (Å²) in [4.78, 5) is 16.1. The standard InChI is InChI=1S/C14H19N3O2/c1-9-11-8-15-7-10(13(11)17(5)16-9)6-12(18)19-14(2,3)4/h7-8H,6H2,1-5H3. The highest BCUT2D eigenvalue weighted by molar-refractivity contribution is 5.87. The van der Waals surface area contributed by atoms with E-state index in [1.54, 1.807) is 17.1 Å². The van der Waals surface area contributed by atoms with Crippen LogP contribution in [0.5, 0.6) is 0 Å². The molecule has 0 saturated carbocycles. The number of aromatic nitrogens is 3. The number of fused-ring (bicyclic) bond motifs is 1. The molecule has 2 aromatic rings. The Kier molecular flexibility index (Phi) is 3.30. The van der Waals surface area contributed by atoms with Gasteiger partial charge in [-0.15, -0.1) is 0 Å². The second-order valence-corrected chi connectivity index (χ2v) is 5.67. The van der Waals surface area contributed by atoms with Crippen molar-refractivity contribution in [2.24, 2.45) is 7.05 Å².